The van der Waals surface area contributed by atoms with Crippen molar-refractivity contribution < 1.29 is 51.5 Å². The number of nitrogens with zero attached hydrogens (tertiary/aromatic N) is 1. The number of fused-ring (bicyclic) bond motifs is 2. The molecule has 2 saturated heterocycles. The van der Waals surface area contributed by atoms with Crippen LogP contribution >= 0.6 is 0 Å². The van der Waals surface area contributed by atoms with Gasteiger partial charge in [0.05, 0.1) is 42.8 Å². The number of rotatable bonds is 19. The van der Waals surface area contributed by atoms with Crippen LogP contribution < -0.4 is 20.1 Å². The Balaban J connectivity index is 1.29. The molecule has 14 nitrogen and oxygen atoms in total. The number of unbranched alkanes of at least 4 members (excludes halogenated alkanes) is 2. The van der Waals surface area contributed by atoms with Crippen molar-refractivity contribution >= 4 is 22.2 Å². The highest BCUT2D eigenvalue weighted by Crippen LogP contribution is 2.36. The number of aliphatic hydroxyl groups is 1. The summed E-state index contributed by atoms with van der Waals surface area (Å²) < 4.78 is 63.1. The van der Waals surface area contributed by atoms with Gasteiger partial charge in [0.1, 0.15) is 6.10 Å². The Morgan fingerprint density at radius 3 is 2.62 bits per heavy atom. The van der Waals surface area contributed by atoms with E-state index in [0.717, 1.165) is 18.4 Å². The molecule has 3 heterocycles. The summed E-state index contributed by atoms with van der Waals surface area (Å²) in [5.74, 6) is 0.694. The fourth-order valence-corrected chi connectivity index (χ4v) is 8.30. The largest absolute Gasteiger partial charge is 0.454 e. The summed E-state index contributed by atoms with van der Waals surface area (Å²) in [5, 5.41) is 17.4. The zero-order chi connectivity index (χ0) is 37.1. The number of carbonyl (C=O) groups excluding carboxylic acids is 2. The molecular formula is C37H53N3O11S. The van der Waals surface area contributed by atoms with Gasteiger partial charge >= 0.3 is 12.2 Å². The fraction of sp³-hybridized carbons (Fsp3) is 0.622. The number of benzene rings is 2. The monoisotopic (exact) mass is 747 g/mol. The number of amides is 2. The van der Waals surface area contributed by atoms with Crippen LogP contribution in [-0.2, 0) is 35.4 Å². The third-order valence-corrected chi connectivity index (χ3v) is 11.4. The number of carbonyl (C=O) groups is 2. The van der Waals surface area contributed by atoms with Crippen LogP contribution in [0.3, 0.4) is 0 Å². The molecule has 5 atom stereocenters. The first-order valence-electron chi connectivity index (χ1n) is 18.2. The highest BCUT2D eigenvalue weighted by Gasteiger charge is 2.44. The molecule has 2 aromatic carbocycles. The minimum absolute atomic E-state index is 0.0104. The average Bonchev–Trinajstić information content (AvgIpc) is 3.87. The Bertz CT molecular complexity index is 1580. The van der Waals surface area contributed by atoms with Gasteiger partial charge in [-0.25, -0.2) is 18.0 Å². The molecule has 15 heteroatoms. The van der Waals surface area contributed by atoms with Crippen LogP contribution in [0.15, 0.2) is 53.4 Å². The van der Waals surface area contributed by atoms with Crippen LogP contribution in [0.4, 0.5) is 9.59 Å². The molecule has 0 spiro atoms. The Morgan fingerprint density at radius 1 is 1.04 bits per heavy atom. The van der Waals surface area contributed by atoms with Crippen LogP contribution in [0, 0.1) is 11.3 Å². The second kappa shape index (κ2) is 18.4. The van der Waals surface area contributed by atoms with Gasteiger partial charge in [0.2, 0.25) is 16.8 Å². The topological polar surface area (TPSA) is 171 Å². The van der Waals surface area contributed by atoms with Crippen molar-refractivity contribution in [3.8, 4) is 11.5 Å². The van der Waals surface area contributed by atoms with Crippen molar-refractivity contribution in [3.63, 3.8) is 0 Å². The lowest BCUT2D eigenvalue weighted by molar-refractivity contribution is -0.0907. The van der Waals surface area contributed by atoms with Crippen LogP contribution in [0.5, 0.6) is 11.5 Å². The number of nitrogens with one attached hydrogen (secondary N) is 2. The molecule has 52 heavy (non-hydrogen) atoms. The van der Waals surface area contributed by atoms with E-state index >= 15 is 0 Å². The van der Waals surface area contributed by atoms with Gasteiger partial charge in [0.15, 0.2) is 17.8 Å². The summed E-state index contributed by atoms with van der Waals surface area (Å²) in [7, 11) is -4.19. The number of ether oxygens (including phenoxy) is 6. The molecule has 2 fully saturated rings. The Morgan fingerprint density at radius 2 is 1.83 bits per heavy atom. The Kier molecular flexibility index (Phi) is 14.0. The quantitative estimate of drug-likeness (QED) is 0.172. The summed E-state index contributed by atoms with van der Waals surface area (Å²) in [4.78, 5) is 25.2. The summed E-state index contributed by atoms with van der Waals surface area (Å²) in [6, 6.07) is 12.9. The first-order chi connectivity index (χ1) is 24.9. The summed E-state index contributed by atoms with van der Waals surface area (Å²) in [5.41, 5.74) is 0.294. The average molecular weight is 748 g/mol. The molecule has 0 unspecified atom stereocenters. The lowest BCUT2D eigenvalue weighted by Crippen LogP contribution is -2.52. The van der Waals surface area contributed by atoms with E-state index in [-0.39, 0.29) is 50.3 Å². The Labute approximate surface area is 306 Å². The molecule has 0 bridgehead atoms. The van der Waals surface area contributed by atoms with Gasteiger partial charge in [-0.1, -0.05) is 57.5 Å². The first kappa shape index (κ1) is 39.6. The predicted molar refractivity (Wildman–Crippen MR) is 190 cm³/mol. The van der Waals surface area contributed by atoms with E-state index in [4.69, 9.17) is 28.4 Å². The van der Waals surface area contributed by atoms with Gasteiger partial charge in [-0.3, -0.25) is 0 Å². The summed E-state index contributed by atoms with van der Waals surface area (Å²) >= 11 is 0. The zero-order valence-electron chi connectivity index (χ0n) is 30.3. The fourth-order valence-electron chi connectivity index (χ4n) is 6.64. The van der Waals surface area contributed by atoms with E-state index in [1.54, 1.807) is 6.07 Å². The highest BCUT2D eigenvalue weighted by atomic mass is 32.2. The van der Waals surface area contributed by atoms with E-state index in [0.29, 0.717) is 50.3 Å². The van der Waals surface area contributed by atoms with Gasteiger partial charge in [-0.15, -0.1) is 0 Å². The number of hydrogen-bond acceptors (Lipinski definition) is 11. The van der Waals surface area contributed by atoms with Crippen molar-refractivity contribution in [2.75, 3.05) is 46.2 Å². The van der Waals surface area contributed by atoms with Gasteiger partial charge < -0.3 is 44.2 Å². The molecule has 0 radical (unpaired) electrons. The molecule has 0 aromatic heterocycles. The molecular weight excluding hydrogens is 694 g/mol. The minimum Gasteiger partial charge on any atom is -0.454 e. The zero-order valence-corrected chi connectivity index (χ0v) is 31.1. The first-order valence-corrected chi connectivity index (χ1v) is 19.6. The molecule has 2 amide bonds. The van der Waals surface area contributed by atoms with Gasteiger partial charge in [-0.2, -0.15) is 4.31 Å². The third kappa shape index (κ3) is 10.9. The predicted octanol–water partition coefficient (Wildman–Crippen LogP) is 4.59. The summed E-state index contributed by atoms with van der Waals surface area (Å²) in [6.45, 7) is 7.25. The third-order valence-electron chi connectivity index (χ3n) is 9.57. The lowest BCUT2D eigenvalue weighted by Gasteiger charge is -2.35. The number of sulfonamides is 1. The molecule has 5 rings (SSSR count). The second-order valence-electron chi connectivity index (χ2n) is 14.3. The van der Waals surface area contributed by atoms with Gasteiger partial charge in [-0.05, 0) is 61.6 Å². The maximum atomic E-state index is 14.4. The van der Waals surface area contributed by atoms with Crippen molar-refractivity contribution in [1.29, 1.82) is 0 Å². The van der Waals surface area contributed by atoms with Crippen LogP contribution in [0.25, 0.3) is 0 Å². The standard InChI is InChI=1S/C37H53N3O11S/c1-4-5-17-38-35(42)47-18-10-9-16-37(2,3)24-40(52(44,45)27-13-14-31-32(21-27)50-25-49-31)22-30(41)29(20-26-11-7-6-8-12-26)39-36(43)51-33-23-48-34-28(33)15-19-46-34/h6-8,11-14,21,28-30,33-34,41H,4-5,9-10,15-20,22-25H2,1-3H3,(H,38,42)(H,39,43)/t28-,29-,30+,33-,34+/m0/s1. The minimum atomic E-state index is -4.19. The maximum Gasteiger partial charge on any atom is 0.407 e. The molecule has 3 aliphatic heterocycles. The Hall–Kier alpha value is -3.63. The molecule has 0 aliphatic carbocycles. The van der Waals surface area contributed by atoms with Crippen molar-refractivity contribution in [1.82, 2.24) is 14.9 Å². The van der Waals surface area contributed by atoms with E-state index < -0.39 is 52.2 Å². The maximum absolute atomic E-state index is 14.4. The van der Waals surface area contributed by atoms with Crippen LogP contribution in [0.2, 0.25) is 0 Å². The van der Waals surface area contributed by atoms with Gasteiger partial charge in [0, 0.05) is 25.7 Å². The number of hydrogen-bond donors (Lipinski definition) is 3. The van der Waals surface area contributed by atoms with Crippen molar-refractivity contribution in [2.45, 2.75) is 95.2 Å². The smallest absolute Gasteiger partial charge is 0.407 e. The molecule has 288 valence electrons. The normalized spacial score (nSPS) is 20.7. The van der Waals surface area contributed by atoms with E-state index in [1.807, 2.05) is 51.1 Å². The van der Waals surface area contributed by atoms with E-state index in [9.17, 15) is 23.1 Å². The molecule has 3 N–H and O–H groups in total. The molecule has 2 aromatic rings. The highest BCUT2D eigenvalue weighted by molar-refractivity contribution is 7.89. The van der Waals surface area contributed by atoms with E-state index in [1.165, 1.54) is 16.4 Å². The van der Waals surface area contributed by atoms with Crippen LogP contribution in [-0.4, -0.2) is 101 Å². The van der Waals surface area contributed by atoms with Crippen LogP contribution in [0.1, 0.15) is 64.9 Å². The van der Waals surface area contributed by atoms with E-state index in [2.05, 4.69) is 10.6 Å². The lowest BCUT2D eigenvalue weighted by atomic mass is 9.87. The second-order valence-corrected chi connectivity index (χ2v) is 16.3. The summed E-state index contributed by atoms with van der Waals surface area (Å²) in [6.07, 6.45) is 1.29. The van der Waals surface area contributed by atoms with Crippen molar-refractivity contribution in [3.05, 3.63) is 54.1 Å². The number of alkyl carbamates (subject to hydrolysis) is 2. The SMILES string of the molecule is CCCCNC(=O)OCCCCC(C)(C)CN(C[C@@H](O)[C@H](Cc1ccccc1)NC(=O)O[C@H]1CO[C@H]2OCC[C@H]21)S(=O)(=O)c1ccc2c(c1)OCO2. The van der Waals surface area contributed by atoms with Crippen molar-refractivity contribution in [2.24, 2.45) is 11.3 Å². The molecule has 0 saturated carbocycles. The number of aliphatic hydroxyl groups excluding tert-OH is 1. The van der Waals surface area contributed by atoms with Gasteiger partial charge in [0.25, 0.3) is 0 Å². The molecule has 3 aliphatic rings.